The molecule has 12 heteroatoms. The molecule has 0 unspecified atom stereocenters. The van der Waals surface area contributed by atoms with Crippen molar-refractivity contribution >= 4 is 23.2 Å². The summed E-state index contributed by atoms with van der Waals surface area (Å²) < 4.78 is 16.5. The van der Waals surface area contributed by atoms with E-state index in [2.05, 4.69) is 20.9 Å². The third-order valence-corrected chi connectivity index (χ3v) is 4.24. The Bertz CT molecular complexity index is 801. The van der Waals surface area contributed by atoms with Crippen LogP contribution in [0.3, 0.4) is 0 Å². The summed E-state index contributed by atoms with van der Waals surface area (Å²) in [6.07, 6.45) is 6.31. The Kier molecular flexibility index (Phi) is 6.12. The van der Waals surface area contributed by atoms with E-state index in [0.717, 1.165) is 18.7 Å². The molecule has 2 aromatic rings. The van der Waals surface area contributed by atoms with Crippen molar-refractivity contribution in [1.82, 2.24) is 39.6 Å². The van der Waals surface area contributed by atoms with E-state index in [1.54, 1.807) is 26.0 Å². The number of rotatable bonds is 8. The van der Waals surface area contributed by atoms with Gasteiger partial charge >= 0.3 is 11.4 Å². The minimum absolute atomic E-state index is 0.184. The van der Waals surface area contributed by atoms with Crippen molar-refractivity contribution < 1.29 is 4.21 Å². The molecule has 0 atom stereocenters. The Hall–Kier alpha value is -2.63. The molecule has 0 fully saturated rings. The molecule has 0 N–H and O–H groups in total. The lowest BCUT2D eigenvalue weighted by Gasteiger charge is -2.01. The maximum absolute atomic E-state index is 12.0. The van der Waals surface area contributed by atoms with Gasteiger partial charge in [-0.3, -0.25) is 4.21 Å². The first-order chi connectivity index (χ1) is 11.6. The first-order valence-corrected chi connectivity index (χ1v) is 8.70. The maximum Gasteiger partial charge on any atom is 0.367 e. The fourth-order valence-electron chi connectivity index (χ4n) is 1.80. The summed E-state index contributed by atoms with van der Waals surface area (Å²) in [6.45, 7) is 3.89. The Morgan fingerprint density at radius 2 is 1.25 bits per heavy atom. The normalized spacial score (nSPS) is 12.1. The van der Waals surface area contributed by atoms with Crippen LogP contribution >= 0.6 is 0 Å². The van der Waals surface area contributed by atoms with Crippen molar-refractivity contribution in [3.05, 3.63) is 33.1 Å². The van der Waals surface area contributed by atoms with E-state index in [9.17, 15) is 13.8 Å². The summed E-state index contributed by atoms with van der Waals surface area (Å²) in [4.78, 5) is 23.7. The van der Waals surface area contributed by atoms with Crippen molar-refractivity contribution in [3.8, 4) is 0 Å². The molecule has 24 heavy (non-hydrogen) atoms. The van der Waals surface area contributed by atoms with E-state index in [0.29, 0.717) is 0 Å². The third-order valence-electron chi connectivity index (χ3n) is 2.96. The van der Waals surface area contributed by atoms with Gasteiger partial charge in [0.05, 0.1) is 13.1 Å². The van der Waals surface area contributed by atoms with Crippen LogP contribution < -0.4 is 11.4 Å². The minimum Gasteiger partial charge on any atom is -0.259 e. The lowest BCUT2D eigenvalue weighted by Crippen LogP contribution is -2.27. The predicted octanol–water partition coefficient (Wildman–Crippen LogP) is -1.38. The molecule has 130 valence electrons. The van der Waals surface area contributed by atoms with E-state index in [1.807, 2.05) is 0 Å². The molecule has 0 aliphatic rings. The SMILES string of the molecule is C/C=C/n1nnn(CCS(=O)CCn2nnn(/C=C/C)c2=O)c1=O. The van der Waals surface area contributed by atoms with E-state index < -0.39 is 22.2 Å². The van der Waals surface area contributed by atoms with E-state index in [1.165, 1.54) is 12.4 Å². The molecule has 0 aliphatic carbocycles. The smallest absolute Gasteiger partial charge is 0.259 e. The standard InChI is InChI=1S/C12H18N8O3S/c1-3-5-17-11(21)19(15-13-17)7-9-24(23)10-8-20-12(22)18(6-4-2)14-16-20/h3-6H,7-10H2,1-2H3/b5-3+,6-4+. The van der Waals surface area contributed by atoms with Crippen LogP contribution in [0.25, 0.3) is 12.4 Å². The molecule has 2 heterocycles. The molecule has 0 radical (unpaired) electrons. The highest BCUT2D eigenvalue weighted by Crippen LogP contribution is 1.88. The summed E-state index contributed by atoms with van der Waals surface area (Å²) in [5.74, 6) is 0.457. The molecule has 11 nitrogen and oxygen atoms in total. The van der Waals surface area contributed by atoms with Crippen LogP contribution in [0.15, 0.2) is 21.7 Å². The molecule has 0 amide bonds. The van der Waals surface area contributed by atoms with E-state index in [-0.39, 0.29) is 24.6 Å². The van der Waals surface area contributed by atoms with Crippen LogP contribution in [-0.4, -0.2) is 55.3 Å². The Labute approximate surface area is 139 Å². The van der Waals surface area contributed by atoms with Crippen LogP contribution in [0.5, 0.6) is 0 Å². The quantitative estimate of drug-likeness (QED) is 0.572. The van der Waals surface area contributed by atoms with Gasteiger partial charge in [0.1, 0.15) is 0 Å². The Balaban J connectivity index is 1.88. The topological polar surface area (TPSA) is 122 Å². The molecule has 0 saturated carbocycles. The zero-order valence-electron chi connectivity index (χ0n) is 13.3. The van der Waals surface area contributed by atoms with Gasteiger partial charge in [0, 0.05) is 34.7 Å². The van der Waals surface area contributed by atoms with E-state index >= 15 is 0 Å². The number of aryl methyl sites for hydroxylation is 2. The number of allylic oxidation sites excluding steroid dienone is 2. The lowest BCUT2D eigenvalue weighted by molar-refractivity contribution is 0.592. The van der Waals surface area contributed by atoms with Gasteiger partial charge in [0.25, 0.3) is 0 Å². The van der Waals surface area contributed by atoms with Crippen molar-refractivity contribution in [2.24, 2.45) is 0 Å². The number of hydrogen-bond donors (Lipinski definition) is 0. The van der Waals surface area contributed by atoms with Crippen molar-refractivity contribution in [3.63, 3.8) is 0 Å². The second-order valence-corrected chi connectivity index (χ2v) is 6.37. The van der Waals surface area contributed by atoms with Crippen LogP contribution in [-0.2, 0) is 23.9 Å². The summed E-state index contributed by atoms with van der Waals surface area (Å²) in [7, 11) is -1.24. The minimum atomic E-state index is -1.24. The van der Waals surface area contributed by atoms with E-state index in [4.69, 9.17) is 0 Å². The number of aromatic nitrogens is 8. The van der Waals surface area contributed by atoms with Gasteiger partial charge in [-0.05, 0) is 34.7 Å². The average molecular weight is 354 g/mol. The van der Waals surface area contributed by atoms with Gasteiger partial charge in [-0.2, -0.15) is 18.7 Å². The molecule has 0 saturated heterocycles. The van der Waals surface area contributed by atoms with Crippen LogP contribution in [0.4, 0.5) is 0 Å². The van der Waals surface area contributed by atoms with Gasteiger partial charge in [-0.15, -0.1) is 0 Å². The average Bonchev–Trinajstić information content (AvgIpc) is 3.09. The van der Waals surface area contributed by atoms with Crippen molar-refractivity contribution in [2.75, 3.05) is 11.5 Å². The monoisotopic (exact) mass is 354 g/mol. The summed E-state index contributed by atoms with van der Waals surface area (Å²) in [5.41, 5.74) is -0.786. The van der Waals surface area contributed by atoms with Crippen molar-refractivity contribution in [2.45, 2.75) is 26.9 Å². The second kappa shape index (κ2) is 8.29. The maximum atomic E-state index is 12.0. The fraction of sp³-hybridized carbons (Fsp3) is 0.500. The lowest BCUT2D eigenvalue weighted by atomic mass is 10.7. The molecular formula is C12H18N8O3S. The molecule has 0 bridgehead atoms. The third kappa shape index (κ3) is 4.22. The molecule has 0 aliphatic heterocycles. The number of hydrogen-bond acceptors (Lipinski definition) is 7. The van der Waals surface area contributed by atoms with Crippen LogP contribution in [0.2, 0.25) is 0 Å². The van der Waals surface area contributed by atoms with Gasteiger partial charge in [0.15, 0.2) is 0 Å². The first-order valence-electron chi connectivity index (χ1n) is 7.22. The second-order valence-electron chi connectivity index (χ2n) is 4.67. The summed E-state index contributed by atoms with van der Waals surface area (Å²) in [6, 6.07) is 0. The van der Waals surface area contributed by atoms with Crippen LogP contribution in [0.1, 0.15) is 13.8 Å². The van der Waals surface area contributed by atoms with Gasteiger partial charge in [-0.1, -0.05) is 12.2 Å². The molecule has 2 aromatic heterocycles. The molecule has 0 spiro atoms. The Morgan fingerprint density at radius 1 is 0.833 bits per heavy atom. The van der Waals surface area contributed by atoms with Crippen molar-refractivity contribution in [1.29, 1.82) is 0 Å². The number of nitrogens with zero attached hydrogens (tertiary/aromatic N) is 8. The predicted molar refractivity (Wildman–Crippen MR) is 88.4 cm³/mol. The Morgan fingerprint density at radius 3 is 1.62 bits per heavy atom. The fourth-order valence-corrected chi connectivity index (χ4v) is 2.76. The van der Waals surface area contributed by atoms with Crippen LogP contribution in [0, 0.1) is 0 Å². The number of tetrazole rings is 2. The highest BCUT2D eigenvalue weighted by atomic mass is 32.2. The van der Waals surface area contributed by atoms with Gasteiger partial charge in [0.2, 0.25) is 0 Å². The molecule has 0 aromatic carbocycles. The first kappa shape index (κ1) is 17.7. The zero-order chi connectivity index (χ0) is 17.5. The summed E-state index contributed by atoms with van der Waals surface area (Å²) in [5, 5.41) is 14.7. The zero-order valence-corrected chi connectivity index (χ0v) is 14.2. The highest BCUT2D eigenvalue weighted by Gasteiger charge is 2.09. The van der Waals surface area contributed by atoms with Gasteiger partial charge in [-0.25, -0.2) is 9.59 Å². The highest BCUT2D eigenvalue weighted by molar-refractivity contribution is 7.84. The molecule has 2 rings (SSSR count). The van der Waals surface area contributed by atoms with Gasteiger partial charge < -0.3 is 0 Å². The molecular weight excluding hydrogens is 336 g/mol. The largest absolute Gasteiger partial charge is 0.367 e. The summed E-state index contributed by atoms with van der Waals surface area (Å²) >= 11 is 0.